The molecule has 0 spiro atoms. The van der Waals surface area contributed by atoms with Crippen molar-refractivity contribution in [2.45, 2.75) is 71.3 Å². The summed E-state index contributed by atoms with van der Waals surface area (Å²) < 4.78 is 27.3. The maximum atomic E-state index is 10.7. The first-order valence-electron chi connectivity index (χ1n) is 7.32. The fourth-order valence-electron chi connectivity index (χ4n) is 2.52. The molecular formula is C14H27ClO3S. The van der Waals surface area contributed by atoms with E-state index in [4.69, 9.17) is 15.4 Å². The van der Waals surface area contributed by atoms with Gasteiger partial charge in [-0.05, 0) is 43.9 Å². The molecule has 0 aromatic rings. The van der Waals surface area contributed by atoms with Gasteiger partial charge in [0.05, 0.1) is 11.9 Å². The van der Waals surface area contributed by atoms with E-state index in [1.54, 1.807) is 0 Å². The highest BCUT2D eigenvalue weighted by Gasteiger charge is 2.26. The van der Waals surface area contributed by atoms with E-state index in [-0.39, 0.29) is 5.75 Å². The number of unbranched alkanes of at least 4 members (excludes halogenated alkanes) is 3. The van der Waals surface area contributed by atoms with Crippen LogP contribution in [0.1, 0.15) is 65.2 Å². The summed E-state index contributed by atoms with van der Waals surface area (Å²) in [5.74, 6) is 0.0904. The standard InChI is InChI=1S/C14H27ClO3S/c1-14(2)9-7-13(8-10-14)18-11-5-3-4-6-12-19(15,16)17/h13H,3-12H2,1-2H3. The molecule has 1 aliphatic rings. The molecule has 0 unspecified atom stereocenters. The highest BCUT2D eigenvalue weighted by atomic mass is 35.7. The topological polar surface area (TPSA) is 43.4 Å². The highest BCUT2D eigenvalue weighted by Crippen LogP contribution is 2.36. The van der Waals surface area contributed by atoms with Crippen LogP contribution in [-0.2, 0) is 13.8 Å². The fraction of sp³-hybridized carbons (Fsp3) is 1.00. The largest absolute Gasteiger partial charge is 0.378 e. The van der Waals surface area contributed by atoms with Gasteiger partial charge in [-0.3, -0.25) is 0 Å². The van der Waals surface area contributed by atoms with Crippen molar-refractivity contribution >= 4 is 19.7 Å². The van der Waals surface area contributed by atoms with E-state index in [1.807, 2.05) is 0 Å². The molecule has 0 aromatic heterocycles. The number of hydrogen-bond acceptors (Lipinski definition) is 3. The summed E-state index contributed by atoms with van der Waals surface area (Å²) in [5.41, 5.74) is 0.493. The third kappa shape index (κ3) is 8.87. The van der Waals surface area contributed by atoms with Crippen molar-refractivity contribution in [3.63, 3.8) is 0 Å². The molecule has 0 heterocycles. The first kappa shape index (κ1) is 17.3. The lowest BCUT2D eigenvalue weighted by Crippen LogP contribution is -2.26. The molecule has 0 aromatic carbocycles. The molecule has 5 heteroatoms. The molecule has 0 bridgehead atoms. The van der Waals surface area contributed by atoms with Gasteiger partial charge in [0, 0.05) is 17.3 Å². The second-order valence-electron chi connectivity index (χ2n) is 6.39. The van der Waals surface area contributed by atoms with Crippen molar-refractivity contribution in [2.24, 2.45) is 5.41 Å². The van der Waals surface area contributed by atoms with Gasteiger partial charge >= 0.3 is 0 Å². The number of halogens is 1. The van der Waals surface area contributed by atoms with E-state index in [1.165, 1.54) is 25.7 Å². The first-order valence-corrected chi connectivity index (χ1v) is 9.80. The molecule has 114 valence electrons. The van der Waals surface area contributed by atoms with E-state index >= 15 is 0 Å². The first-order chi connectivity index (χ1) is 8.79. The molecule has 0 aliphatic heterocycles. The third-order valence-electron chi connectivity index (χ3n) is 3.92. The summed E-state index contributed by atoms with van der Waals surface area (Å²) in [6, 6.07) is 0. The van der Waals surface area contributed by atoms with Crippen LogP contribution in [0.25, 0.3) is 0 Å². The van der Waals surface area contributed by atoms with Crippen molar-refractivity contribution in [2.75, 3.05) is 12.4 Å². The van der Waals surface area contributed by atoms with Crippen molar-refractivity contribution in [1.82, 2.24) is 0 Å². The Bertz CT molecular complexity index is 342. The fourth-order valence-corrected chi connectivity index (χ4v) is 3.40. The minimum absolute atomic E-state index is 0.0904. The summed E-state index contributed by atoms with van der Waals surface area (Å²) in [6.45, 7) is 5.46. The summed E-state index contributed by atoms with van der Waals surface area (Å²) in [5, 5.41) is 0. The van der Waals surface area contributed by atoms with Gasteiger partial charge in [0.15, 0.2) is 0 Å². The van der Waals surface area contributed by atoms with Crippen molar-refractivity contribution < 1.29 is 13.2 Å². The zero-order chi connectivity index (χ0) is 14.4. The van der Waals surface area contributed by atoms with Crippen LogP contribution in [0.2, 0.25) is 0 Å². The maximum absolute atomic E-state index is 10.7. The summed E-state index contributed by atoms with van der Waals surface area (Å²) >= 11 is 0. The van der Waals surface area contributed by atoms with Crippen LogP contribution < -0.4 is 0 Å². The minimum atomic E-state index is -3.30. The van der Waals surface area contributed by atoms with Gasteiger partial charge in [0.1, 0.15) is 0 Å². The number of hydrogen-bond donors (Lipinski definition) is 0. The van der Waals surface area contributed by atoms with Gasteiger partial charge < -0.3 is 4.74 Å². The molecular weight excluding hydrogens is 284 g/mol. The Balaban J connectivity index is 1.94. The molecule has 0 N–H and O–H groups in total. The Hall–Kier alpha value is 0.200. The molecule has 19 heavy (non-hydrogen) atoms. The second kappa shape index (κ2) is 7.84. The minimum Gasteiger partial charge on any atom is -0.378 e. The van der Waals surface area contributed by atoms with Gasteiger partial charge in [-0.1, -0.05) is 26.7 Å². The van der Waals surface area contributed by atoms with Crippen molar-refractivity contribution in [1.29, 1.82) is 0 Å². The van der Waals surface area contributed by atoms with Gasteiger partial charge in [-0.15, -0.1) is 0 Å². The lowest BCUT2D eigenvalue weighted by atomic mass is 9.76. The lowest BCUT2D eigenvalue weighted by molar-refractivity contribution is 0.00276. The smallest absolute Gasteiger partial charge is 0.232 e. The molecule has 0 amide bonds. The molecule has 0 atom stereocenters. The second-order valence-corrected chi connectivity index (χ2v) is 9.29. The summed E-state index contributed by atoms with van der Waals surface area (Å²) in [6.07, 6.45) is 8.91. The molecule has 1 fully saturated rings. The Morgan fingerprint density at radius 2 is 1.68 bits per heavy atom. The Morgan fingerprint density at radius 1 is 1.11 bits per heavy atom. The summed E-state index contributed by atoms with van der Waals surface area (Å²) in [4.78, 5) is 0. The van der Waals surface area contributed by atoms with Crippen LogP contribution in [0, 0.1) is 5.41 Å². The average molecular weight is 311 g/mol. The third-order valence-corrected chi connectivity index (χ3v) is 5.16. The Kier molecular flexibility index (Phi) is 7.12. The van der Waals surface area contributed by atoms with Crippen LogP contribution in [0.3, 0.4) is 0 Å². The van der Waals surface area contributed by atoms with Crippen LogP contribution in [0.4, 0.5) is 0 Å². The molecule has 3 nitrogen and oxygen atoms in total. The molecule has 1 rings (SSSR count). The molecule has 0 radical (unpaired) electrons. The van der Waals surface area contributed by atoms with E-state index < -0.39 is 9.05 Å². The van der Waals surface area contributed by atoms with Crippen LogP contribution >= 0.6 is 10.7 Å². The molecule has 1 saturated carbocycles. The maximum Gasteiger partial charge on any atom is 0.232 e. The van der Waals surface area contributed by atoms with E-state index in [9.17, 15) is 8.42 Å². The monoisotopic (exact) mass is 310 g/mol. The predicted octanol–water partition coefficient (Wildman–Crippen LogP) is 4.10. The van der Waals surface area contributed by atoms with Gasteiger partial charge in [-0.25, -0.2) is 8.42 Å². The lowest BCUT2D eigenvalue weighted by Gasteiger charge is -2.34. The van der Waals surface area contributed by atoms with Crippen LogP contribution in [-0.4, -0.2) is 26.9 Å². The van der Waals surface area contributed by atoms with Crippen LogP contribution in [0.5, 0.6) is 0 Å². The van der Waals surface area contributed by atoms with Crippen molar-refractivity contribution in [3.8, 4) is 0 Å². The zero-order valence-electron chi connectivity index (χ0n) is 12.2. The zero-order valence-corrected chi connectivity index (χ0v) is 13.7. The Labute approximate surface area is 122 Å². The van der Waals surface area contributed by atoms with E-state index in [2.05, 4.69) is 13.8 Å². The SMILES string of the molecule is CC1(C)CCC(OCCCCCCS(=O)(=O)Cl)CC1. The predicted molar refractivity (Wildman–Crippen MR) is 80.1 cm³/mol. The molecule has 1 aliphatic carbocycles. The molecule has 0 saturated heterocycles. The Morgan fingerprint density at radius 3 is 2.26 bits per heavy atom. The number of ether oxygens (including phenoxy) is 1. The van der Waals surface area contributed by atoms with Crippen LogP contribution in [0.15, 0.2) is 0 Å². The quantitative estimate of drug-likeness (QED) is 0.501. The van der Waals surface area contributed by atoms with Gasteiger partial charge in [0.2, 0.25) is 9.05 Å². The average Bonchev–Trinajstić information content (AvgIpc) is 2.28. The normalized spacial score (nSPS) is 20.6. The number of rotatable bonds is 8. The summed E-state index contributed by atoms with van der Waals surface area (Å²) in [7, 11) is 1.84. The van der Waals surface area contributed by atoms with E-state index in [0.717, 1.165) is 25.9 Å². The van der Waals surface area contributed by atoms with E-state index in [0.29, 0.717) is 17.9 Å². The van der Waals surface area contributed by atoms with Crippen molar-refractivity contribution in [3.05, 3.63) is 0 Å². The van der Waals surface area contributed by atoms with Gasteiger partial charge in [-0.2, -0.15) is 0 Å². The highest BCUT2D eigenvalue weighted by molar-refractivity contribution is 8.13. The van der Waals surface area contributed by atoms with Gasteiger partial charge in [0.25, 0.3) is 0 Å².